The number of rotatable bonds is 9. The summed E-state index contributed by atoms with van der Waals surface area (Å²) in [6.45, 7) is 14.0. The van der Waals surface area contributed by atoms with E-state index < -0.39 is 114 Å². The molecular formula is C61H93N7O14. The first-order valence-electron chi connectivity index (χ1n) is 29.5. The lowest BCUT2D eigenvalue weighted by Gasteiger charge is -2.42. The summed E-state index contributed by atoms with van der Waals surface area (Å²) in [4.78, 5) is 101. The van der Waals surface area contributed by atoms with Gasteiger partial charge in [0.25, 0.3) is 11.7 Å². The molecule has 21 nitrogen and oxygen atoms in total. The largest absolute Gasteiger partial charge is 0.459 e. The van der Waals surface area contributed by atoms with E-state index in [2.05, 4.69) is 26.8 Å². The number of ketones is 3. The number of fused-ring (bicyclic) bond motifs is 3. The van der Waals surface area contributed by atoms with E-state index in [0.717, 1.165) is 42.2 Å². The minimum Gasteiger partial charge on any atom is -0.459 e. The summed E-state index contributed by atoms with van der Waals surface area (Å²) < 4.78 is 30.2. The molecule has 3 saturated heterocycles. The predicted molar refractivity (Wildman–Crippen MR) is 307 cm³/mol. The van der Waals surface area contributed by atoms with Crippen molar-refractivity contribution in [3.05, 3.63) is 65.6 Å². The number of cyclic esters (lactones) is 1. The molecule has 6 rings (SSSR count). The van der Waals surface area contributed by atoms with Crippen molar-refractivity contribution in [3.8, 4) is 0 Å². The van der Waals surface area contributed by atoms with Gasteiger partial charge < -0.3 is 64.3 Å². The second kappa shape index (κ2) is 30.5. The SMILES string of the molecule is CO[C@H]1C[C@@H]2CC[C@@H](C)[C@@](O)(O2)C(=O)C(=O)N2CCCC[C@H]2C(=O)O[C@H]([C@H](N)C[C@@H]2CC[C@@H](OC(=O)N(C)Cc3cnc(N4CCN(C)CC4)nc3)[C@H](OC)C2)CC(=O)[C@H](C)/C=C(\C)[C@@H](O)[C@@H](O)C(=O)C(C)C[C@H](C)/C=C/C=CC=C1C. The Bertz CT molecular complexity index is 2460. The standard InChI is InChI=1S/C61H93N7O14/c1-37-16-12-11-13-17-38(2)50(78-9)32-45-21-19-42(6)61(77,82-45)56(73)57(74)68-23-15-14-18-47(68)58(75)80-51(33-48(69)39(3)29-41(5)54(71)55(72)53(70)40(4)28-37)46(62)30-43-20-22-49(52(31-43)79-10)81-60(76)66(8)36-44-34-63-59(64-35-44)67-26-24-65(7)25-27-67/h11-13,16-17,29,34-35,37,39-40,42-43,45-47,49-52,54-55,71-72,77H,14-15,18-28,30-33,36,62H2,1-10H3/b13-11?,16-12+,38-17?,41-29+/t37-,39-,40?,42-,43+,45+,46-,47+,49-,50+,51+,52-,54-,55+,61-/m1/s1. The molecule has 456 valence electrons. The molecule has 1 saturated carbocycles. The van der Waals surface area contributed by atoms with Crippen molar-refractivity contribution in [2.75, 3.05) is 65.9 Å². The molecule has 5 heterocycles. The lowest BCUT2D eigenvalue weighted by molar-refractivity contribution is -0.265. The first kappa shape index (κ1) is 65.9. The minimum absolute atomic E-state index is 0.0164. The smallest absolute Gasteiger partial charge is 0.410 e. The van der Waals surface area contributed by atoms with Gasteiger partial charge in [0.05, 0.1) is 24.9 Å². The average molecular weight is 1150 g/mol. The number of aromatic nitrogens is 2. The number of anilines is 1. The number of hydrogen-bond donors (Lipinski definition) is 4. The van der Waals surface area contributed by atoms with Gasteiger partial charge in [0.2, 0.25) is 11.7 Å². The number of amides is 2. The van der Waals surface area contributed by atoms with Crippen LogP contribution in [0.5, 0.6) is 0 Å². The van der Waals surface area contributed by atoms with Crippen LogP contribution in [0.15, 0.2) is 60.0 Å². The summed E-state index contributed by atoms with van der Waals surface area (Å²) >= 11 is 0. The van der Waals surface area contributed by atoms with Crippen molar-refractivity contribution in [2.45, 2.75) is 186 Å². The lowest BCUT2D eigenvalue weighted by atomic mass is 9.80. The first-order valence-corrected chi connectivity index (χ1v) is 29.5. The van der Waals surface area contributed by atoms with Crippen LogP contribution in [0.3, 0.4) is 0 Å². The molecule has 2 amide bonds. The number of aliphatic hydroxyl groups excluding tert-OH is 2. The topological polar surface area (TPSA) is 274 Å². The number of piperazine rings is 1. The zero-order valence-corrected chi connectivity index (χ0v) is 50.0. The molecule has 1 aromatic rings. The maximum Gasteiger partial charge on any atom is 0.410 e. The number of esters is 1. The third-order valence-corrected chi connectivity index (χ3v) is 17.4. The Labute approximate surface area is 484 Å². The van der Waals surface area contributed by atoms with E-state index in [-0.39, 0.29) is 56.2 Å². The van der Waals surface area contributed by atoms with Gasteiger partial charge in [0.1, 0.15) is 36.2 Å². The van der Waals surface area contributed by atoms with Crippen molar-refractivity contribution < 1.29 is 67.8 Å². The third-order valence-electron chi connectivity index (χ3n) is 17.4. The minimum atomic E-state index is -2.49. The average Bonchev–Trinajstić information content (AvgIpc) is 3.64. The lowest BCUT2D eigenvalue weighted by Crippen LogP contribution is -2.61. The van der Waals surface area contributed by atoms with Gasteiger partial charge in [-0.25, -0.2) is 19.6 Å². The van der Waals surface area contributed by atoms with Crippen molar-refractivity contribution >= 4 is 41.3 Å². The van der Waals surface area contributed by atoms with Gasteiger partial charge in [-0.05, 0) is 108 Å². The van der Waals surface area contributed by atoms with Crippen LogP contribution >= 0.6 is 0 Å². The number of carbonyl (C=O) groups is 6. The Balaban J connectivity index is 1.20. The van der Waals surface area contributed by atoms with Gasteiger partial charge in [-0.1, -0.05) is 64.2 Å². The highest BCUT2D eigenvalue weighted by atomic mass is 16.6. The molecule has 4 fully saturated rings. The van der Waals surface area contributed by atoms with Crippen LogP contribution in [0.4, 0.5) is 10.7 Å². The van der Waals surface area contributed by atoms with Crippen LogP contribution in [-0.2, 0) is 54.2 Å². The summed E-state index contributed by atoms with van der Waals surface area (Å²) in [6, 6.07) is -2.20. The van der Waals surface area contributed by atoms with E-state index in [0.29, 0.717) is 57.3 Å². The molecule has 21 heteroatoms. The number of ether oxygens (including phenoxy) is 5. The van der Waals surface area contributed by atoms with Crippen LogP contribution in [0.2, 0.25) is 0 Å². The van der Waals surface area contributed by atoms with Gasteiger partial charge in [-0.15, -0.1) is 0 Å². The monoisotopic (exact) mass is 1150 g/mol. The molecule has 1 aliphatic carbocycles. The summed E-state index contributed by atoms with van der Waals surface area (Å²) in [7, 11) is 6.82. The molecule has 15 atom stereocenters. The zero-order chi connectivity index (χ0) is 60.0. The summed E-state index contributed by atoms with van der Waals surface area (Å²) in [6.07, 6.45) is 10.8. The number of nitrogens with two attached hydrogens (primary N) is 1. The molecule has 5 aliphatic rings. The van der Waals surface area contributed by atoms with E-state index >= 15 is 0 Å². The number of hydrogen-bond acceptors (Lipinski definition) is 19. The van der Waals surface area contributed by atoms with E-state index in [4.69, 9.17) is 29.4 Å². The van der Waals surface area contributed by atoms with E-state index in [1.165, 1.54) is 25.0 Å². The molecule has 0 radical (unpaired) electrons. The molecule has 0 aromatic carbocycles. The fourth-order valence-corrected chi connectivity index (χ4v) is 11.9. The van der Waals surface area contributed by atoms with Crippen molar-refractivity contribution in [1.29, 1.82) is 0 Å². The number of nitrogens with zero attached hydrogens (tertiary/aromatic N) is 6. The number of likely N-dealkylation sites (N-methyl/N-ethyl adjacent to an activating group) is 1. The van der Waals surface area contributed by atoms with Crippen LogP contribution in [-0.4, -0.2) is 197 Å². The maximum absolute atomic E-state index is 14.6. The molecule has 5 N–H and O–H groups in total. The van der Waals surface area contributed by atoms with Crippen LogP contribution < -0.4 is 10.6 Å². The summed E-state index contributed by atoms with van der Waals surface area (Å²) in [5.74, 6) is -8.45. The molecule has 2 bridgehead atoms. The van der Waals surface area contributed by atoms with Crippen molar-refractivity contribution in [3.63, 3.8) is 0 Å². The predicted octanol–water partition coefficient (Wildman–Crippen LogP) is 5.04. The quantitative estimate of drug-likeness (QED) is 0.143. The number of allylic oxidation sites excluding steroid dienone is 6. The Hall–Kier alpha value is -5.26. The molecule has 1 unspecified atom stereocenters. The Morgan fingerprint density at radius 3 is 2.24 bits per heavy atom. The van der Waals surface area contributed by atoms with E-state index in [1.54, 1.807) is 47.3 Å². The van der Waals surface area contributed by atoms with Crippen molar-refractivity contribution in [1.82, 2.24) is 24.7 Å². The molecule has 82 heavy (non-hydrogen) atoms. The Morgan fingerprint density at radius 2 is 1.56 bits per heavy atom. The fourth-order valence-electron chi connectivity index (χ4n) is 11.9. The second-order valence-corrected chi connectivity index (χ2v) is 24.0. The van der Waals surface area contributed by atoms with Gasteiger partial charge in [0.15, 0.2) is 5.78 Å². The molecule has 0 spiro atoms. The first-order chi connectivity index (χ1) is 38.9. The molecule has 4 aliphatic heterocycles. The molecular weight excluding hydrogens is 1050 g/mol. The summed E-state index contributed by atoms with van der Waals surface area (Å²) in [5, 5.41) is 34.4. The van der Waals surface area contributed by atoms with E-state index in [1.807, 2.05) is 44.2 Å². The van der Waals surface area contributed by atoms with Gasteiger partial charge in [-0.3, -0.25) is 19.2 Å². The number of Topliss-reactive ketones (excluding diaryl/α,β-unsaturated/α-hetero) is 3. The van der Waals surface area contributed by atoms with Gasteiger partial charge >= 0.3 is 12.1 Å². The Kier molecular flexibility index (Phi) is 24.5. The number of piperidine rings is 1. The summed E-state index contributed by atoms with van der Waals surface area (Å²) in [5.41, 5.74) is 8.78. The van der Waals surface area contributed by atoms with Gasteiger partial charge in [-0.2, -0.15) is 0 Å². The number of methoxy groups -OCH3 is 2. The highest BCUT2D eigenvalue weighted by Gasteiger charge is 2.53. The van der Waals surface area contributed by atoms with Crippen LogP contribution in [0.1, 0.15) is 124 Å². The normalized spacial score (nSPS) is 34.7. The number of aliphatic hydroxyl groups is 3. The third kappa shape index (κ3) is 17.4. The van der Waals surface area contributed by atoms with Crippen molar-refractivity contribution in [2.24, 2.45) is 35.3 Å². The highest BCUT2D eigenvalue weighted by molar-refractivity contribution is 6.39. The molecule has 1 aromatic heterocycles. The Morgan fingerprint density at radius 1 is 0.854 bits per heavy atom. The zero-order valence-electron chi connectivity index (χ0n) is 50.0. The van der Waals surface area contributed by atoms with E-state index in [9.17, 15) is 44.1 Å². The van der Waals surface area contributed by atoms with Crippen LogP contribution in [0.25, 0.3) is 0 Å². The van der Waals surface area contributed by atoms with Crippen LogP contribution in [0, 0.1) is 29.6 Å². The fraction of sp³-hybridized carbons (Fsp3) is 0.705. The second-order valence-electron chi connectivity index (χ2n) is 24.0. The highest BCUT2D eigenvalue weighted by Crippen LogP contribution is 2.38. The van der Waals surface area contributed by atoms with Gasteiger partial charge in [0, 0.05) is 109 Å². The maximum atomic E-state index is 14.6. The number of carbonyl (C=O) groups excluding carboxylic acids is 6.